The Morgan fingerprint density at radius 1 is 0.313 bits per heavy atom. The zero-order valence-corrected chi connectivity index (χ0v) is 43.9. The summed E-state index contributed by atoms with van der Waals surface area (Å²) in [4.78, 5) is 38.0. The van der Waals surface area contributed by atoms with Gasteiger partial charge >= 0.3 is 17.9 Å². The van der Waals surface area contributed by atoms with E-state index in [0.717, 1.165) is 77.0 Å². The summed E-state index contributed by atoms with van der Waals surface area (Å²) in [5.41, 5.74) is 0. The molecule has 0 amide bonds. The van der Waals surface area contributed by atoms with Crippen molar-refractivity contribution in [3.63, 3.8) is 0 Å². The molecule has 0 aliphatic heterocycles. The van der Waals surface area contributed by atoms with Gasteiger partial charge in [-0.1, -0.05) is 247 Å². The fourth-order valence-corrected chi connectivity index (χ4v) is 7.70. The first-order valence-electron chi connectivity index (χ1n) is 28.1. The van der Waals surface area contributed by atoms with Gasteiger partial charge in [0.25, 0.3) is 0 Å². The Kier molecular flexibility index (Phi) is 52.4. The lowest BCUT2D eigenvalue weighted by atomic mass is 10.1. The first-order valence-corrected chi connectivity index (χ1v) is 28.1. The highest BCUT2D eigenvalue weighted by Crippen LogP contribution is 2.15. The van der Waals surface area contributed by atoms with Crippen LogP contribution in [-0.4, -0.2) is 37.2 Å². The van der Waals surface area contributed by atoms with Crippen LogP contribution in [0, 0.1) is 0 Å². The van der Waals surface area contributed by atoms with Crippen molar-refractivity contribution >= 4 is 17.9 Å². The Morgan fingerprint density at radius 3 is 1.00 bits per heavy atom. The number of rotatable bonds is 50. The van der Waals surface area contributed by atoms with Gasteiger partial charge in [0.05, 0.1) is 0 Å². The van der Waals surface area contributed by atoms with Gasteiger partial charge in [-0.15, -0.1) is 0 Å². The van der Waals surface area contributed by atoms with E-state index in [2.05, 4.69) is 99.8 Å². The summed E-state index contributed by atoms with van der Waals surface area (Å²) >= 11 is 0. The van der Waals surface area contributed by atoms with Crippen LogP contribution in [0.5, 0.6) is 0 Å². The topological polar surface area (TPSA) is 78.9 Å². The molecule has 0 spiro atoms. The van der Waals surface area contributed by atoms with Crippen molar-refractivity contribution in [2.45, 2.75) is 271 Å². The maximum absolute atomic E-state index is 12.8. The highest BCUT2D eigenvalue weighted by molar-refractivity contribution is 5.71. The third-order valence-corrected chi connectivity index (χ3v) is 11.9. The van der Waals surface area contributed by atoms with E-state index in [9.17, 15) is 14.4 Å². The van der Waals surface area contributed by atoms with Crippen molar-refractivity contribution in [3.05, 3.63) is 85.1 Å². The molecule has 0 aromatic rings. The molecule has 0 N–H and O–H groups in total. The Labute approximate surface area is 414 Å². The number of esters is 3. The summed E-state index contributed by atoms with van der Waals surface area (Å²) in [6.45, 7) is 6.46. The molecular formula is C61H104O6. The number of carbonyl (C=O) groups excluding carboxylic acids is 3. The van der Waals surface area contributed by atoms with E-state index in [-0.39, 0.29) is 37.5 Å². The molecule has 0 heterocycles. The molecule has 0 aliphatic carbocycles. The van der Waals surface area contributed by atoms with Crippen molar-refractivity contribution in [2.24, 2.45) is 0 Å². The molecule has 0 aromatic heterocycles. The lowest BCUT2D eigenvalue weighted by Crippen LogP contribution is -2.30. The third kappa shape index (κ3) is 53.4. The van der Waals surface area contributed by atoms with Gasteiger partial charge in [-0.3, -0.25) is 14.4 Å². The molecule has 6 nitrogen and oxygen atoms in total. The van der Waals surface area contributed by atoms with Gasteiger partial charge in [-0.05, 0) is 83.5 Å². The Bertz CT molecular complexity index is 1300. The largest absolute Gasteiger partial charge is 0.462 e. The van der Waals surface area contributed by atoms with Crippen molar-refractivity contribution in [1.29, 1.82) is 0 Å². The predicted octanol–water partition coefficient (Wildman–Crippen LogP) is 18.8. The summed E-state index contributed by atoms with van der Waals surface area (Å²) in [7, 11) is 0. The van der Waals surface area contributed by atoms with Gasteiger partial charge < -0.3 is 14.2 Å². The minimum absolute atomic E-state index is 0.0987. The first kappa shape index (κ1) is 63.6. The lowest BCUT2D eigenvalue weighted by Gasteiger charge is -2.18. The van der Waals surface area contributed by atoms with E-state index < -0.39 is 6.10 Å². The molecule has 0 saturated heterocycles. The average molecular weight is 933 g/mol. The highest BCUT2D eigenvalue weighted by Gasteiger charge is 2.19. The third-order valence-electron chi connectivity index (χ3n) is 11.9. The maximum atomic E-state index is 12.8. The van der Waals surface area contributed by atoms with Crippen LogP contribution in [0.3, 0.4) is 0 Å². The van der Waals surface area contributed by atoms with Crippen LogP contribution in [0.15, 0.2) is 85.1 Å². The molecule has 67 heavy (non-hydrogen) atoms. The molecule has 0 bridgehead atoms. The maximum Gasteiger partial charge on any atom is 0.306 e. The fraction of sp³-hybridized carbons (Fsp3) is 0.721. The van der Waals surface area contributed by atoms with Crippen LogP contribution >= 0.6 is 0 Å². The molecule has 6 heteroatoms. The standard InChI is InChI=1S/C61H104O6/c1-4-7-10-13-16-19-22-24-26-28-30-32-34-36-39-42-45-48-51-54-60(63)66-57-58(56-65-59(62)53-50-47-44-41-38-21-18-15-12-9-6-3)67-61(64)55-52-49-46-43-40-37-35-33-31-29-27-25-23-20-17-14-11-8-5-2/h7,10,16,19,24-27,30,32,36,39,45,48,58H,4-6,8-9,11-15,17-18,20-23,28-29,31,33-35,37-38,40-44,46-47,49-57H2,1-3H3/b10-7-,19-16-,26-24-,27-25-,32-30-,39-36-,48-45-/t58-/m0/s1. The van der Waals surface area contributed by atoms with Crippen molar-refractivity contribution in [1.82, 2.24) is 0 Å². The van der Waals surface area contributed by atoms with E-state index in [1.807, 2.05) is 6.08 Å². The Balaban J connectivity index is 4.45. The lowest BCUT2D eigenvalue weighted by molar-refractivity contribution is -0.166. The molecule has 0 unspecified atom stereocenters. The van der Waals surface area contributed by atoms with Crippen LogP contribution in [0.2, 0.25) is 0 Å². The summed E-state index contributed by atoms with van der Waals surface area (Å²) in [5, 5.41) is 0. The van der Waals surface area contributed by atoms with Crippen LogP contribution in [0.1, 0.15) is 265 Å². The van der Waals surface area contributed by atoms with E-state index in [4.69, 9.17) is 14.2 Å². The minimum Gasteiger partial charge on any atom is -0.462 e. The molecule has 1 atom stereocenters. The molecule has 384 valence electrons. The van der Waals surface area contributed by atoms with E-state index >= 15 is 0 Å². The molecule has 0 radical (unpaired) electrons. The van der Waals surface area contributed by atoms with Gasteiger partial charge in [-0.2, -0.15) is 0 Å². The van der Waals surface area contributed by atoms with Crippen molar-refractivity contribution in [3.8, 4) is 0 Å². The molecule has 0 aliphatic rings. The number of unbranched alkanes of at least 4 members (excludes halogenated alkanes) is 25. The second-order valence-electron chi connectivity index (χ2n) is 18.5. The summed E-state index contributed by atoms with van der Waals surface area (Å²) < 4.78 is 16.8. The van der Waals surface area contributed by atoms with Crippen molar-refractivity contribution < 1.29 is 28.6 Å². The van der Waals surface area contributed by atoms with Gasteiger partial charge in [0.1, 0.15) is 13.2 Å². The van der Waals surface area contributed by atoms with Gasteiger partial charge in [-0.25, -0.2) is 0 Å². The molecular weight excluding hydrogens is 829 g/mol. The van der Waals surface area contributed by atoms with Gasteiger partial charge in [0.15, 0.2) is 6.10 Å². The number of hydrogen-bond acceptors (Lipinski definition) is 6. The molecule has 0 rings (SSSR count). The predicted molar refractivity (Wildman–Crippen MR) is 288 cm³/mol. The second kappa shape index (κ2) is 55.2. The van der Waals surface area contributed by atoms with E-state index in [1.165, 1.54) is 141 Å². The normalized spacial score (nSPS) is 12.7. The summed E-state index contributed by atoms with van der Waals surface area (Å²) in [5.74, 6) is -0.985. The van der Waals surface area contributed by atoms with Crippen LogP contribution in [-0.2, 0) is 28.6 Å². The van der Waals surface area contributed by atoms with Crippen LogP contribution in [0.25, 0.3) is 0 Å². The fourth-order valence-electron chi connectivity index (χ4n) is 7.70. The number of ether oxygens (including phenoxy) is 3. The summed E-state index contributed by atoms with van der Waals surface area (Å²) in [6, 6.07) is 0. The van der Waals surface area contributed by atoms with Gasteiger partial charge in [0.2, 0.25) is 0 Å². The minimum atomic E-state index is -0.806. The number of allylic oxidation sites excluding steroid dienone is 14. The average Bonchev–Trinajstić information content (AvgIpc) is 3.33. The zero-order chi connectivity index (χ0) is 48.6. The van der Waals surface area contributed by atoms with E-state index in [0.29, 0.717) is 19.3 Å². The zero-order valence-electron chi connectivity index (χ0n) is 43.9. The second-order valence-corrected chi connectivity index (χ2v) is 18.5. The van der Waals surface area contributed by atoms with Crippen LogP contribution < -0.4 is 0 Å². The summed E-state index contributed by atoms with van der Waals surface area (Å²) in [6.07, 6.45) is 71.6. The molecule has 0 saturated carbocycles. The van der Waals surface area contributed by atoms with Crippen LogP contribution in [0.4, 0.5) is 0 Å². The quantitative estimate of drug-likeness (QED) is 0.0262. The van der Waals surface area contributed by atoms with Gasteiger partial charge in [0, 0.05) is 19.3 Å². The SMILES string of the molecule is CC/C=C\C/C=C\C/C=C\C/C=C\C/C=C\C/C=C\CCC(=O)OC[C@H](COC(=O)CCCCCCCCCCCCC)OC(=O)CCCCCCCCCCC/C=C\CCCCCCCC. The Morgan fingerprint density at radius 2 is 0.612 bits per heavy atom. The smallest absolute Gasteiger partial charge is 0.306 e. The monoisotopic (exact) mass is 933 g/mol. The molecule has 0 fully saturated rings. The number of hydrogen-bond donors (Lipinski definition) is 0. The van der Waals surface area contributed by atoms with Crippen molar-refractivity contribution in [2.75, 3.05) is 13.2 Å². The first-order chi connectivity index (χ1) is 33.0. The highest BCUT2D eigenvalue weighted by atomic mass is 16.6. The molecule has 0 aromatic carbocycles. The number of carbonyl (C=O) groups is 3. The Hall–Kier alpha value is -3.41. The van der Waals surface area contributed by atoms with E-state index in [1.54, 1.807) is 0 Å².